The monoisotopic (exact) mass is 326 g/mol. The number of nitrogens with zero attached hydrogens (tertiary/aromatic N) is 2. The van der Waals surface area contributed by atoms with E-state index in [4.69, 9.17) is 14.5 Å². The molecule has 2 heterocycles. The summed E-state index contributed by atoms with van der Waals surface area (Å²) in [4.78, 5) is 6.96. The number of hydrogen-bond acceptors (Lipinski definition) is 5. The molecule has 2 aromatic carbocycles. The van der Waals surface area contributed by atoms with Gasteiger partial charge in [-0.05, 0) is 25.2 Å². The topological polar surface area (TPSA) is 34.6 Å². The number of hydrogen-bond donors (Lipinski definition) is 0. The molecule has 4 rings (SSSR count). The molecule has 0 fully saturated rings. The van der Waals surface area contributed by atoms with Crippen LogP contribution in [-0.2, 0) is 13.1 Å². The standard InChI is InChI=1S/C18H18N2O2S/c1-20(12-17-19-14-6-2-3-8-16(14)23-17)11-13-5-4-7-15-18(13)22-10-9-21-15/h2-8H,9-12H2,1H3. The molecule has 118 valence electrons. The third-order valence-electron chi connectivity index (χ3n) is 3.83. The first kappa shape index (κ1) is 14.5. The van der Waals surface area contributed by atoms with E-state index in [-0.39, 0.29) is 0 Å². The third kappa shape index (κ3) is 3.02. The second-order valence-corrected chi connectivity index (χ2v) is 6.80. The summed E-state index contributed by atoms with van der Waals surface area (Å²) in [5.74, 6) is 1.73. The average molecular weight is 326 g/mol. The molecule has 0 atom stereocenters. The Morgan fingerprint density at radius 3 is 2.83 bits per heavy atom. The quantitative estimate of drug-likeness (QED) is 0.732. The van der Waals surface area contributed by atoms with Gasteiger partial charge in [-0.1, -0.05) is 24.3 Å². The van der Waals surface area contributed by atoms with Crippen molar-refractivity contribution < 1.29 is 9.47 Å². The lowest BCUT2D eigenvalue weighted by atomic mass is 10.1. The molecule has 0 unspecified atom stereocenters. The van der Waals surface area contributed by atoms with Crippen LogP contribution in [0.2, 0.25) is 0 Å². The van der Waals surface area contributed by atoms with Crippen molar-refractivity contribution in [1.82, 2.24) is 9.88 Å². The van der Waals surface area contributed by atoms with Crippen LogP contribution in [-0.4, -0.2) is 30.1 Å². The number of thiazole rings is 1. The number of rotatable bonds is 4. The SMILES string of the molecule is CN(Cc1nc2ccccc2s1)Cc1cccc2c1OCCO2. The van der Waals surface area contributed by atoms with Crippen LogP contribution >= 0.6 is 11.3 Å². The van der Waals surface area contributed by atoms with Gasteiger partial charge in [-0.25, -0.2) is 4.98 Å². The number of para-hydroxylation sites is 2. The van der Waals surface area contributed by atoms with E-state index in [1.54, 1.807) is 11.3 Å². The molecule has 23 heavy (non-hydrogen) atoms. The number of ether oxygens (including phenoxy) is 2. The second kappa shape index (κ2) is 6.18. The van der Waals surface area contributed by atoms with Gasteiger partial charge in [0, 0.05) is 12.1 Å². The summed E-state index contributed by atoms with van der Waals surface area (Å²) in [5, 5.41) is 1.13. The fourth-order valence-electron chi connectivity index (χ4n) is 2.82. The minimum Gasteiger partial charge on any atom is -0.486 e. The molecule has 0 aliphatic carbocycles. The minimum absolute atomic E-state index is 0.617. The van der Waals surface area contributed by atoms with Crippen molar-refractivity contribution in [3.05, 3.63) is 53.0 Å². The summed E-state index contributed by atoms with van der Waals surface area (Å²) in [6.45, 7) is 2.87. The molecule has 0 spiro atoms. The van der Waals surface area contributed by atoms with E-state index in [2.05, 4.69) is 36.2 Å². The highest BCUT2D eigenvalue weighted by molar-refractivity contribution is 7.18. The normalized spacial score (nSPS) is 13.7. The molecule has 1 aliphatic heterocycles. The Balaban J connectivity index is 1.50. The fraction of sp³-hybridized carbons (Fsp3) is 0.278. The Morgan fingerprint density at radius 2 is 1.91 bits per heavy atom. The Bertz CT molecular complexity index is 798. The first-order chi connectivity index (χ1) is 11.3. The minimum atomic E-state index is 0.617. The molecule has 0 radical (unpaired) electrons. The summed E-state index contributed by atoms with van der Waals surface area (Å²) < 4.78 is 12.7. The molecule has 4 nitrogen and oxygen atoms in total. The summed E-state index contributed by atoms with van der Waals surface area (Å²) in [6.07, 6.45) is 0. The first-order valence-corrected chi connectivity index (χ1v) is 8.52. The molecule has 3 aromatic rings. The Hall–Kier alpha value is -2.11. The van der Waals surface area contributed by atoms with Crippen molar-refractivity contribution in [2.24, 2.45) is 0 Å². The lowest BCUT2D eigenvalue weighted by Gasteiger charge is -2.23. The largest absolute Gasteiger partial charge is 0.486 e. The lowest BCUT2D eigenvalue weighted by molar-refractivity contribution is 0.167. The summed E-state index contributed by atoms with van der Waals surface area (Å²) in [6, 6.07) is 14.4. The van der Waals surface area contributed by atoms with Gasteiger partial charge in [0.15, 0.2) is 11.5 Å². The van der Waals surface area contributed by atoms with Gasteiger partial charge in [0.05, 0.1) is 16.8 Å². The van der Waals surface area contributed by atoms with Gasteiger partial charge in [0.1, 0.15) is 18.2 Å². The molecular formula is C18H18N2O2S. The van der Waals surface area contributed by atoms with Gasteiger partial charge in [-0.3, -0.25) is 4.90 Å². The maximum absolute atomic E-state index is 5.79. The molecular weight excluding hydrogens is 308 g/mol. The molecule has 5 heteroatoms. The zero-order valence-electron chi connectivity index (χ0n) is 13.0. The average Bonchev–Trinajstić information content (AvgIpc) is 2.97. The van der Waals surface area contributed by atoms with Crippen molar-refractivity contribution >= 4 is 21.6 Å². The molecule has 0 saturated heterocycles. The Morgan fingerprint density at radius 1 is 1.04 bits per heavy atom. The third-order valence-corrected chi connectivity index (χ3v) is 4.85. The molecule has 0 amide bonds. The smallest absolute Gasteiger partial charge is 0.165 e. The van der Waals surface area contributed by atoms with E-state index >= 15 is 0 Å². The highest BCUT2D eigenvalue weighted by Gasteiger charge is 2.17. The van der Waals surface area contributed by atoms with Crippen molar-refractivity contribution in [2.45, 2.75) is 13.1 Å². The van der Waals surface area contributed by atoms with Crippen LogP contribution in [0.3, 0.4) is 0 Å². The van der Waals surface area contributed by atoms with E-state index in [0.717, 1.165) is 40.7 Å². The zero-order chi connectivity index (χ0) is 15.6. The van der Waals surface area contributed by atoms with Crippen LogP contribution in [0.4, 0.5) is 0 Å². The van der Waals surface area contributed by atoms with Crippen LogP contribution in [0.15, 0.2) is 42.5 Å². The number of fused-ring (bicyclic) bond motifs is 2. The van der Waals surface area contributed by atoms with Gasteiger partial charge in [0.25, 0.3) is 0 Å². The zero-order valence-corrected chi connectivity index (χ0v) is 13.8. The van der Waals surface area contributed by atoms with E-state index in [0.29, 0.717) is 13.2 Å². The Labute approximate surface area is 139 Å². The van der Waals surface area contributed by atoms with Crippen LogP contribution < -0.4 is 9.47 Å². The molecule has 0 N–H and O–H groups in total. The molecule has 1 aromatic heterocycles. The number of benzene rings is 2. The van der Waals surface area contributed by atoms with Gasteiger partial charge >= 0.3 is 0 Å². The summed E-state index contributed by atoms with van der Waals surface area (Å²) in [7, 11) is 2.11. The van der Waals surface area contributed by atoms with Gasteiger partial charge < -0.3 is 9.47 Å². The summed E-state index contributed by atoms with van der Waals surface area (Å²) in [5.41, 5.74) is 2.24. The predicted octanol–water partition coefficient (Wildman–Crippen LogP) is 3.70. The van der Waals surface area contributed by atoms with Gasteiger partial charge in [0.2, 0.25) is 0 Å². The molecule has 0 bridgehead atoms. The molecule has 1 aliphatic rings. The Kier molecular flexibility index (Phi) is 3.89. The maximum Gasteiger partial charge on any atom is 0.165 e. The van der Waals surface area contributed by atoms with Crippen LogP contribution in [0.25, 0.3) is 10.2 Å². The number of aromatic nitrogens is 1. The molecule has 0 saturated carbocycles. The maximum atomic E-state index is 5.79. The van der Waals surface area contributed by atoms with Crippen molar-refractivity contribution in [3.63, 3.8) is 0 Å². The lowest BCUT2D eigenvalue weighted by Crippen LogP contribution is -2.20. The van der Waals surface area contributed by atoms with Crippen molar-refractivity contribution in [3.8, 4) is 11.5 Å². The van der Waals surface area contributed by atoms with Crippen LogP contribution in [0.5, 0.6) is 11.5 Å². The second-order valence-electron chi connectivity index (χ2n) is 5.69. The van der Waals surface area contributed by atoms with Crippen molar-refractivity contribution in [2.75, 3.05) is 20.3 Å². The fourth-order valence-corrected chi connectivity index (χ4v) is 3.87. The van der Waals surface area contributed by atoms with Gasteiger partial charge in [-0.15, -0.1) is 11.3 Å². The van der Waals surface area contributed by atoms with E-state index in [9.17, 15) is 0 Å². The van der Waals surface area contributed by atoms with Gasteiger partial charge in [-0.2, -0.15) is 0 Å². The highest BCUT2D eigenvalue weighted by atomic mass is 32.1. The van der Waals surface area contributed by atoms with E-state index in [1.165, 1.54) is 4.70 Å². The summed E-state index contributed by atoms with van der Waals surface area (Å²) >= 11 is 1.76. The first-order valence-electron chi connectivity index (χ1n) is 7.70. The van der Waals surface area contributed by atoms with Crippen molar-refractivity contribution in [1.29, 1.82) is 0 Å². The van der Waals surface area contributed by atoms with E-state index < -0.39 is 0 Å². The van der Waals surface area contributed by atoms with Crippen LogP contribution in [0, 0.1) is 0 Å². The van der Waals surface area contributed by atoms with Crippen LogP contribution in [0.1, 0.15) is 10.6 Å². The van der Waals surface area contributed by atoms with E-state index in [1.807, 2.05) is 18.2 Å². The highest BCUT2D eigenvalue weighted by Crippen LogP contribution is 2.34. The predicted molar refractivity (Wildman–Crippen MR) is 92.2 cm³/mol.